The summed E-state index contributed by atoms with van der Waals surface area (Å²) in [7, 11) is -7.44. The maximum atomic E-state index is 13.3. The molecule has 0 radical (unpaired) electrons. The number of ether oxygens (including phenoxy) is 1. The van der Waals surface area contributed by atoms with E-state index in [1.165, 1.54) is 28.0 Å². The third-order valence-corrected chi connectivity index (χ3v) is 10.1. The van der Waals surface area contributed by atoms with E-state index in [1.807, 2.05) is 4.90 Å². The molecule has 2 aliphatic heterocycles. The number of anilines is 1. The fourth-order valence-electron chi connectivity index (χ4n) is 3.95. The summed E-state index contributed by atoms with van der Waals surface area (Å²) in [6, 6.07) is 6.44. The highest BCUT2D eigenvalue weighted by molar-refractivity contribution is 7.91. The predicted molar refractivity (Wildman–Crippen MR) is 114 cm³/mol. The number of carbonyl (C=O) groups excluding carboxylic acids is 1. The van der Waals surface area contributed by atoms with Gasteiger partial charge in [-0.05, 0) is 24.3 Å². The first-order valence-corrected chi connectivity index (χ1v) is 13.0. The van der Waals surface area contributed by atoms with Crippen molar-refractivity contribution in [3.63, 3.8) is 0 Å². The number of benzene rings is 1. The molecular formula is C19H27N3O7S2. The van der Waals surface area contributed by atoms with Crippen LogP contribution in [0.25, 0.3) is 0 Å². The number of piperazine rings is 1. The average molecular weight is 474 g/mol. The minimum absolute atomic E-state index is 0.0252. The summed E-state index contributed by atoms with van der Waals surface area (Å²) in [5.41, 5.74) is 2.30. The number of carbonyl (C=O) groups is 1. The first-order valence-electron chi connectivity index (χ1n) is 9.88. The first-order chi connectivity index (χ1) is 14.7. The van der Waals surface area contributed by atoms with Gasteiger partial charge in [-0.25, -0.2) is 22.3 Å². The van der Waals surface area contributed by atoms with Crippen LogP contribution in [0.4, 0.5) is 5.69 Å². The van der Waals surface area contributed by atoms with Crippen molar-refractivity contribution in [2.45, 2.75) is 22.5 Å². The number of rotatable bonds is 7. The van der Waals surface area contributed by atoms with Crippen molar-refractivity contribution >= 4 is 31.5 Å². The van der Waals surface area contributed by atoms with Crippen LogP contribution in [0.3, 0.4) is 0 Å². The van der Waals surface area contributed by atoms with Gasteiger partial charge >= 0.3 is 0 Å². The summed E-state index contributed by atoms with van der Waals surface area (Å²) in [5, 5.41) is 9.14. The molecule has 2 heterocycles. The molecule has 31 heavy (non-hydrogen) atoms. The maximum absolute atomic E-state index is 13.3. The third kappa shape index (κ3) is 4.48. The topological polar surface area (TPSA) is 133 Å². The number of nitrogens with one attached hydrogen (secondary N) is 1. The SMILES string of the molecule is C=CCS(=O)(=O)c1ccc(N2CCN(S(=O)(=O)C3(C(=O)NO)CCOCC3)CC2)cc1. The third-order valence-electron chi connectivity index (χ3n) is 5.79. The smallest absolute Gasteiger partial charge is 0.266 e. The number of sulfone groups is 1. The van der Waals surface area contributed by atoms with Gasteiger partial charge in [0, 0.05) is 57.9 Å². The number of amides is 1. The van der Waals surface area contributed by atoms with Crippen molar-refractivity contribution < 1.29 is 31.6 Å². The van der Waals surface area contributed by atoms with Crippen LogP contribution in [0.2, 0.25) is 0 Å². The molecule has 2 aliphatic rings. The fraction of sp³-hybridized carbons (Fsp3) is 0.526. The zero-order chi connectivity index (χ0) is 22.7. The molecule has 0 atom stereocenters. The molecule has 0 aromatic heterocycles. The number of hydroxylamine groups is 1. The van der Waals surface area contributed by atoms with E-state index in [1.54, 1.807) is 12.1 Å². The van der Waals surface area contributed by atoms with Crippen LogP contribution in [-0.2, 0) is 29.4 Å². The highest BCUT2D eigenvalue weighted by atomic mass is 32.2. The van der Waals surface area contributed by atoms with Crippen molar-refractivity contribution in [2.24, 2.45) is 0 Å². The number of sulfonamides is 1. The lowest BCUT2D eigenvalue weighted by Gasteiger charge is -2.42. The highest BCUT2D eigenvalue weighted by Crippen LogP contribution is 2.34. The van der Waals surface area contributed by atoms with E-state index in [0.29, 0.717) is 13.1 Å². The van der Waals surface area contributed by atoms with Crippen LogP contribution in [0.15, 0.2) is 41.8 Å². The first kappa shape index (κ1) is 23.7. The Hall–Kier alpha value is -1.99. The largest absolute Gasteiger partial charge is 0.381 e. The number of hydrogen-bond donors (Lipinski definition) is 2. The Morgan fingerprint density at radius 3 is 2.19 bits per heavy atom. The van der Waals surface area contributed by atoms with Crippen LogP contribution in [0.5, 0.6) is 0 Å². The molecule has 0 saturated carbocycles. The summed E-state index contributed by atoms with van der Waals surface area (Å²) in [4.78, 5) is 14.5. The maximum Gasteiger partial charge on any atom is 0.266 e. The molecule has 0 unspecified atom stereocenters. The van der Waals surface area contributed by atoms with Gasteiger partial charge in [-0.3, -0.25) is 10.0 Å². The molecule has 12 heteroatoms. The number of nitrogens with zero attached hydrogens (tertiary/aromatic N) is 2. The lowest BCUT2D eigenvalue weighted by atomic mass is 9.98. The van der Waals surface area contributed by atoms with Gasteiger partial charge in [0.05, 0.1) is 10.6 Å². The minimum atomic E-state index is -4.03. The van der Waals surface area contributed by atoms with Crippen molar-refractivity contribution in [2.75, 3.05) is 50.0 Å². The average Bonchev–Trinajstić information content (AvgIpc) is 2.79. The highest BCUT2D eigenvalue weighted by Gasteiger charge is 2.54. The lowest BCUT2D eigenvalue weighted by molar-refractivity contribution is -0.134. The molecular weight excluding hydrogens is 446 g/mol. The summed E-state index contributed by atoms with van der Waals surface area (Å²) >= 11 is 0. The van der Waals surface area contributed by atoms with Gasteiger partial charge in [0.1, 0.15) is 0 Å². The van der Waals surface area contributed by atoms with Crippen LogP contribution >= 0.6 is 0 Å². The molecule has 2 saturated heterocycles. The van der Waals surface area contributed by atoms with Gasteiger partial charge in [0.15, 0.2) is 14.6 Å². The molecule has 1 aromatic carbocycles. The molecule has 3 rings (SSSR count). The zero-order valence-electron chi connectivity index (χ0n) is 17.1. The number of hydrogen-bond acceptors (Lipinski definition) is 8. The summed E-state index contributed by atoms with van der Waals surface area (Å²) < 4.78 is 55.6. The minimum Gasteiger partial charge on any atom is -0.381 e. The van der Waals surface area contributed by atoms with Gasteiger partial charge in [-0.1, -0.05) is 6.08 Å². The normalized spacial score (nSPS) is 20.2. The van der Waals surface area contributed by atoms with E-state index in [2.05, 4.69) is 6.58 Å². The van der Waals surface area contributed by atoms with Gasteiger partial charge < -0.3 is 9.64 Å². The van der Waals surface area contributed by atoms with Crippen LogP contribution in [0.1, 0.15) is 12.8 Å². The second-order valence-corrected chi connectivity index (χ2v) is 11.8. The molecule has 1 amide bonds. The Bertz CT molecular complexity index is 1010. The molecule has 0 spiro atoms. The van der Waals surface area contributed by atoms with E-state index in [9.17, 15) is 21.6 Å². The Morgan fingerprint density at radius 2 is 1.68 bits per heavy atom. The Labute approximate surface area is 182 Å². The van der Waals surface area contributed by atoms with Crippen molar-refractivity contribution in [3.8, 4) is 0 Å². The van der Waals surface area contributed by atoms with Crippen molar-refractivity contribution in [1.29, 1.82) is 0 Å². The second kappa shape index (κ2) is 9.25. The molecule has 0 bridgehead atoms. The molecule has 1 aromatic rings. The van der Waals surface area contributed by atoms with Crippen LogP contribution in [0, 0.1) is 0 Å². The van der Waals surface area contributed by atoms with Crippen molar-refractivity contribution in [1.82, 2.24) is 9.79 Å². The van der Waals surface area contributed by atoms with Gasteiger partial charge in [-0.2, -0.15) is 4.31 Å². The Kier molecular flexibility index (Phi) is 7.06. The molecule has 0 aliphatic carbocycles. The summed E-state index contributed by atoms with van der Waals surface area (Å²) in [5.74, 6) is -1.08. The quantitative estimate of drug-likeness (QED) is 0.325. The Balaban J connectivity index is 1.72. The van der Waals surface area contributed by atoms with Gasteiger partial charge in [0.2, 0.25) is 10.0 Å². The Morgan fingerprint density at radius 1 is 1.10 bits per heavy atom. The van der Waals surface area contributed by atoms with E-state index in [4.69, 9.17) is 9.94 Å². The van der Waals surface area contributed by atoms with Crippen molar-refractivity contribution in [3.05, 3.63) is 36.9 Å². The zero-order valence-corrected chi connectivity index (χ0v) is 18.7. The summed E-state index contributed by atoms with van der Waals surface area (Å²) in [6.07, 6.45) is 1.29. The second-order valence-electron chi connectivity index (χ2n) is 7.50. The molecule has 10 nitrogen and oxygen atoms in total. The monoisotopic (exact) mass is 473 g/mol. The van der Waals surface area contributed by atoms with E-state index >= 15 is 0 Å². The molecule has 172 valence electrons. The van der Waals surface area contributed by atoms with Crippen LogP contribution in [-0.4, -0.2) is 82.1 Å². The van der Waals surface area contributed by atoms with E-state index in [-0.39, 0.29) is 49.8 Å². The standard InChI is InChI=1S/C19H27N3O7S2/c1-2-15-30(25,26)17-5-3-16(4-6-17)21-9-11-22(12-10-21)31(27,28)19(18(23)20-24)7-13-29-14-8-19/h2-6,24H,1,7-15H2,(H,20,23). The molecule has 2 N–H and O–H groups in total. The summed E-state index contributed by atoms with van der Waals surface area (Å²) in [6.45, 7) is 4.79. The van der Waals surface area contributed by atoms with Gasteiger partial charge in [-0.15, -0.1) is 6.58 Å². The van der Waals surface area contributed by atoms with Crippen LogP contribution < -0.4 is 10.4 Å². The van der Waals surface area contributed by atoms with Gasteiger partial charge in [0.25, 0.3) is 5.91 Å². The lowest BCUT2D eigenvalue weighted by Crippen LogP contribution is -2.62. The van der Waals surface area contributed by atoms with E-state index < -0.39 is 30.5 Å². The van der Waals surface area contributed by atoms with E-state index in [0.717, 1.165) is 5.69 Å². The predicted octanol–water partition coefficient (Wildman–Crippen LogP) is 0.153. The fourth-order valence-corrected chi connectivity index (χ4v) is 7.11. The molecule has 2 fully saturated rings.